The summed E-state index contributed by atoms with van der Waals surface area (Å²) in [5.74, 6) is -0.749. The van der Waals surface area contributed by atoms with E-state index in [-0.39, 0.29) is 5.75 Å². The van der Waals surface area contributed by atoms with Gasteiger partial charge in [0.1, 0.15) is 10.6 Å². The molecular weight excluding hydrogens is 307 g/mol. The van der Waals surface area contributed by atoms with Crippen LogP contribution in [0.1, 0.15) is 22.3 Å². The van der Waals surface area contributed by atoms with Crippen LogP contribution in [0, 0.1) is 0 Å². The van der Waals surface area contributed by atoms with Crippen LogP contribution in [0.4, 0.5) is 18.9 Å². The molecule has 0 aliphatic carbocycles. The summed E-state index contributed by atoms with van der Waals surface area (Å²) >= 11 is 0.966. The van der Waals surface area contributed by atoms with Crippen molar-refractivity contribution in [2.75, 3.05) is 5.32 Å². The molecule has 0 unspecified atom stereocenters. The molecule has 1 aromatic heterocycles. The number of rotatable bonds is 4. The Bertz CT molecular complexity index is 625. The van der Waals surface area contributed by atoms with Crippen molar-refractivity contribution in [3.63, 3.8) is 0 Å². The van der Waals surface area contributed by atoms with Crippen LogP contribution in [0.3, 0.4) is 0 Å². The smallest absolute Gasteiger partial charge is 0.406 e. The van der Waals surface area contributed by atoms with E-state index < -0.39 is 12.3 Å². The number of alkyl halides is 3. The lowest BCUT2D eigenvalue weighted by atomic mass is 10.2. The van der Waals surface area contributed by atoms with Crippen LogP contribution >= 0.6 is 11.5 Å². The van der Waals surface area contributed by atoms with Gasteiger partial charge in [-0.05, 0) is 42.2 Å². The fourth-order valence-electron chi connectivity index (χ4n) is 1.54. The highest BCUT2D eigenvalue weighted by Crippen LogP contribution is 2.24. The number of nitrogens with one attached hydrogen (secondary N) is 1. The Hall–Kier alpha value is -2.16. The number of amides is 1. The number of hydrogen-bond donors (Lipinski definition) is 1. The molecule has 0 saturated heterocycles. The molecule has 0 bridgehead atoms. The lowest BCUT2D eigenvalue weighted by Crippen LogP contribution is -2.17. The number of benzene rings is 1. The van der Waals surface area contributed by atoms with Gasteiger partial charge in [-0.1, -0.05) is 11.4 Å². The zero-order valence-electron chi connectivity index (χ0n) is 10.8. The van der Waals surface area contributed by atoms with Crippen LogP contribution in [0.25, 0.3) is 0 Å². The molecule has 21 heavy (non-hydrogen) atoms. The van der Waals surface area contributed by atoms with Gasteiger partial charge in [0, 0.05) is 5.69 Å². The van der Waals surface area contributed by atoms with Gasteiger partial charge in [0.2, 0.25) is 0 Å². The van der Waals surface area contributed by atoms with Crippen LogP contribution in [-0.2, 0) is 6.42 Å². The minimum atomic E-state index is -4.74. The van der Waals surface area contributed by atoms with Crippen LogP contribution in [-0.4, -0.2) is 21.9 Å². The molecule has 1 N–H and O–H groups in total. The Balaban J connectivity index is 2.05. The lowest BCUT2D eigenvalue weighted by molar-refractivity contribution is -0.274. The summed E-state index contributed by atoms with van der Waals surface area (Å²) in [4.78, 5) is 12.4. The summed E-state index contributed by atoms with van der Waals surface area (Å²) in [7, 11) is 0. The second-order valence-electron chi connectivity index (χ2n) is 3.93. The highest BCUT2D eigenvalue weighted by molar-refractivity contribution is 7.08. The summed E-state index contributed by atoms with van der Waals surface area (Å²) in [6, 6.07) is 4.88. The van der Waals surface area contributed by atoms with Crippen molar-refractivity contribution < 1.29 is 22.7 Å². The van der Waals surface area contributed by atoms with E-state index in [1.807, 2.05) is 6.92 Å². The first-order valence-electron chi connectivity index (χ1n) is 5.87. The number of carbonyl (C=O) groups is 1. The van der Waals surface area contributed by atoms with E-state index in [0.29, 0.717) is 22.7 Å². The Labute approximate surface area is 121 Å². The summed E-state index contributed by atoms with van der Waals surface area (Å²) in [5.41, 5.74) is 0.930. The second kappa shape index (κ2) is 6.08. The molecule has 0 saturated carbocycles. The largest absolute Gasteiger partial charge is 0.573 e. The molecule has 0 radical (unpaired) electrons. The molecule has 9 heteroatoms. The number of anilines is 1. The van der Waals surface area contributed by atoms with Crippen molar-refractivity contribution in [3.05, 3.63) is 34.8 Å². The van der Waals surface area contributed by atoms with Crippen LogP contribution < -0.4 is 10.1 Å². The molecule has 112 valence electrons. The van der Waals surface area contributed by atoms with E-state index in [2.05, 4.69) is 19.6 Å². The molecule has 1 aromatic carbocycles. The molecule has 1 amide bonds. The Kier molecular flexibility index (Phi) is 4.41. The zero-order chi connectivity index (χ0) is 15.5. The van der Waals surface area contributed by atoms with E-state index in [4.69, 9.17) is 0 Å². The van der Waals surface area contributed by atoms with Gasteiger partial charge in [0.25, 0.3) is 5.91 Å². The van der Waals surface area contributed by atoms with Crippen molar-refractivity contribution >= 4 is 23.1 Å². The van der Waals surface area contributed by atoms with Gasteiger partial charge in [-0.25, -0.2) is 0 Å². The van der Waals surface area contributed by atoms with Gasteiger partial charge in [-0.2, -0.15) is 0 Å². The van der Waals surface area contributed by atoms with Crippen molar-refractivity contribution in [2.45, 2.75) is 19.7 Å². The van der Waals surface area contributed by atoms with Crippen molar-refractivity contribution in [2.24, 2.45) is 0 Å². The molecular formula is C12H10F3N3O2S. The number of ether oxygens (including phenoxy) is 1. The Morgan fingerprint density at radius 2 is 2.00 bits per heavy atom. The van der Waals surface area contributed by atoms with Crippen LogP contribution in [0.15, 0.2) is 24.3 Å². The first-order chi connectivity index (χ1) is 9.89. The third-order valence-electron chi connectivity index (χ3n) is 2.44. The van der Waals surface area contributed by atoms with Crippen LogP contribution in [0.5, 0.6) is 5.75 Å². The molecule has 0 spiro atoms. The van der Waals surface area contributed by atoms with E-state index >= 15 is 0 Å². The average molecular weight is 317 g/mol. The average Bonchev–Trinajstić information content (AvgIpc) is 2.87. The standard InChI is InChI=1S/C12H10F3N3O2S/c1-2-9-10(21-18-17-9)11(19)16-7-3-5-8(6-4-7)20-12(13,14)15/h3-6H,2H2,1H3,(H,16,19). The quantitative estimate of drug-likeness (QED) is 0.940. The topological polar surface area (TPSA) is 64.1 Å². The highest BCUT2D eigenvalue weighted by atomic mass is 32.1. The number of nitrogens with zero attached hydrogens (tertiary/aromatic N) is 2. The summed E-state index contributed by atoms with van der Waals surface area (Å²) in [6.45, 7) is 1.84. The van der Waals surface area contributed by atoms with Crippen molar-refractivity contribution in [3.8, 4) is 5.75 Å². The molecule has 2 aromatic rings. The number of hydrogen-bond acceptors (Lipinski definition) is 5. The summed E-state index contributed by atoms with van der Waals surface area (Å²) in [6.07, 6.45) is -4.17. The second-order valence-corrected chi connectivity index (χ2v) is 4.68. The summed E-state index contributed by atoms with van der Waals surface area (Å²) < 4.78 is 43.5. The van der Waals surface area contributed by atoms with Gasteiger partial charge in [0.05, 0.1) is 5.69 Å². The molecule has 0 atom stereocenters. The number of halogens is 3. The first-order valence-corrected chi connectivity index (χ1v) is 6.65. The number of aryl methyl sites for hydroxylation is 1. The molecule has 1 heterocycles. The zero-order valence-corrected chi connectivity index (χ0v) is 11.6. The maximum absolute atomic E-state index is 12.0. The lowest BCUT2D eigenvalue weighted by Gasteiger charge is -2.09. The first kappa shape index (κ1) is 15.2. The molecule has 0 aliphatic heterocycles. The third-order valence-corrected chi connectivity index (χ3v) is 3.21. The maximum atomic E-state index is 12.0. The monoisotopic (exact) mass is 317 g/mol. The molecule has 5 nitrogen and oxygen atoms in total. The number of carbonyl (C=O) groups excluding carboxylic acids is 1. The molecule has 0 fully saturated rings. The van der Waals surface area contributed by atoms with E-state index in [1.165, 1.54) is 12.1 Å². The van der Waals surface area contributed by atoms with Crippen LogP contribution in [0.2, 0.25) is 0 Å². The molecule has 2 rings (SSSR count). The third kappa shape index (κ3) is 4.15. The van der Waals surface area contributed by atoms with E-state index in [9.17, 15) is 18.0 Å². The SMILES string of the molecule is CCc1nnsc1C(=O)Nc1ccc(OC(F)(F)F)cc1. The fourth-order valence-corrected chi connectivity index (χ4v) is 2.19. The Morgan fingerprint density at radius 1 is 1.33 bits per heavy atom. The normalized spacial score (nSPS) is 11.2. The maximum Gasteiger partial charge on any atom is 0.573 e. The minimum absolute atomic E-state index is 0.352. The Morgan fingerprint density at radius 3 is 2.57 bits per heavy atom. The highest BCUT2D eigenvalue weighted by Gasteiger charge is 2.31. The van der Waals surface area contributed by atoms with E-state index in [0.717, 1.165) is 23.7 Å². The van der Waals surface area contributed by atoms with Crippen molar-refractivity contribution in [1.82, 2.24) is 9.59 Å². The fraction of sp³-hybridized carbons (Fsp3) is 0.250. The van der Waals surface area contributed by atoms with Gasteiger partial charge in [-0.15, -0.1) is 18.3 Å². The summed E-state index contributed by atoms with van der Waals surface area (Å²) in [5, 5.41) is 6.38. The van der Waals surface area contributed by atoms with Gasteiger partial charge in [0.15, 0.2) is 0 Å². The number of aromatic nitrogens is 2. The van der Waals surface area contributed by atoms with Crippen molar-refractivity contribution in [1.29, 1.82) is 0 Å². The van der Waals surface area contributed by atoms with Gasteiger partial charge >= 0.3 is 6.36 Å². The van der Waals surface area contributed by atoms with Gasteiger partial charge < -0.3 is 10.1 Å². The predicted molar refractivity (Wildman–Crippen MR) is 70.4 cm³/mol. The molecule has 0 aliphatic rings. The minimum Gasteiger partial charge on any atom is -0.406 e. The van der Waals surface area contributed by atoms with E-state index in [1.54, 1.807) is 0 Å². The van der Waals surface area contributed by atoms with Gasteiger partial charge in [-0.3, -0.25) is 4.79 Å². The predicted octanol–water partition coefficient (Wildman–Crippen LogP) is 3.25.